The Morgan fingerprint density at radius 1 is 1.22 bits per heavy atom. The highest BCUT2D eigenvalue weighted by molar-refractivity contribution is 5.85. The number of hydrogen-bond donors (Lipinski definition) is 2. The Bertz CT molecular complexity index is 277. The van der Waals surface area contributed by atoms with E-state index in [-0.39, 0.29) is 29.8 Å². The van der Waals surface area contributed by atoms with Crippen molar-refractivity contribution in [3.63, 3.8) is 0 Å². The molecule has 2 saturated carbocycles. The van der Waals surface area contributed by atoms with Crippen molar-refractivity contribution < 1.29 is 4.79 Å². The van der Waals surface area contributed by atoms with E-state index < -0.39 is 0 Å². The van der Waals surface area contributed by atoms with Crippen LogP contribution in [0, 0.1) is 11.8 Å². The van der Waals surface area contributed by atoms with E-state index in [4.69, 9.17) is 5.73 Å². The maximum absolute atomic E-state index is 12.3. The molecule has 0 bridgehead atoms. The van der Waals surface area contributed by atoms with E-state index in [1.54, 1.807) is 0 Å². The van der Waals surface area contributed by atoms with Crippen LogP contribution in [0.2, 0.25) is 0 Å². The summed E-state index contributed by atoms with van der Waals surface area (Å²) in [7, 11) is 0. The van der Waals surface area contributed by atoms with Crippen LogP contribution in [0.5, 0.6) is 0 Å². The molecule has 0 spiro atoms. The molecule has 0 heterocycles. The molecule has 0 unspecified atom stereocenters. The first-order valence-corrected chi connectivity index (χ1v) is 7.17. The summed E-state index contributed by atoms with van der Waals surface area (Å²) < 4.78 is 0. The van der Waals surface area contributed by atoms with Crippen LogP contribution >= 0.6 is 12.4 Å². The highest BCUT2D eigenvalue weighted by atomic mass is 35.5. The van der Waals surface area contributed by atoms with Crippen molar-refractivity contribution in [2.75, 3.05) is 6.54 Å². The minimum Gasteiger partial charge on any atom is -0.351 e. The Hall–Kier alpha value is -0.280. The van der Waals surface area contributed by atoms with Gasteiger partial charge in [0.05, 0.1) is 0 Å². The Morgan fingerprint density at radius 3 is 2.50 bits per heavy atom. The summed E-state index contributed by atoms with van der Waals surface area (Å²) in [6.07, 6.45) is 9.42. The van der Waals surface area contributed by atoms with Gasteiger partial charge in [0, 0.05) is 11.5 Å². The van der Waals surface area contributed by atoms with Gasteiger partial charge in [0.2, 0.25) is 5.91 Å². The van der Waals surface area contributed by atoms with Crippen molar-refractivity contribution in [2.45, 2.75) is 63.8 Å². The first-order valence-electron chi connectivity index (χ1n) is 7.17. The van der Waals surface area contributed by atoms with Gasteiger partial charge in [0.25, 0.3) is 0 Å². The van der Waals surface area contributed by atoms with Crippen LogP contribution in [0.3, 0.4) is 0 Å². The number of halogens is 1. The summed E-state index contributed by atoms with van der Waals surface area (Å²) in [6, 6.07) is 0. The monoisotopic (exact) mass is 274 g/mol. The largest absolute Gasteiger partial charge is 0.351 e. The van der Waals surface area contributed by atoms with Crippen molar-refractivity contribution in [3.8, 4) is 0 Å². The molecule has 0 saturated heterocycles. The lowest BCUT2D eigenvalue weighted by atomic mass is 9.82. The van der Waals surface area contributed by atoms with Gasteiger partial charge in [-0.15, -0.1) is 12.4 Å². The molecule has 0 aromatic heterocycles. The maximum atomic E-state index is 12.3. The molecule has 0 aromatic carbocycles. The number of nitrogens with one attached hydrogen (secondary N) is 1. The van der Waals surface area contributed by atoms with Crippen molar-refractivity contribution >= 4 is 18.3 Å². The van der Waals surface area contributed by atoms with Crippen LogP contribution in [-0.2, 0) is 4.79 Å². The summed E-state index contributed by atoms with van der Waals surface area (Å²) in [6.45, 7) is 2.87. The average molecular weight is 275 g/mol. The Morgan fingerprint density at radius 2 is 1.89 bits per heavy atom. The Kier molecular flexibility index (Phi) is 5.93. The minimum atomic E-state index is 0. The average Bonchev–Trinajstić information content (AvgIpc) is 2.77. The third kappa shape index (κ3) is 3.61. The minimum absolute atomic E-state index is 0. The standard InChI is InChI=1S/C14H26N2O.ClH/c1-14(8-3-2-4-9-14)16-13(17)12-7-5-6-11(12)10-15;/h11-12H,2-10,15H2,1H3,(H,16,17);1H/t11-,12-;/m1./s1. The molecule has 106 valence electrons. The van der Waals surface area contributed by atoms with E-state index in [0.717, 1.165) is 32.1 Å². The number of hydrogen-bond acceptors (Lipinski definition) is 2. The molecular weight excluding hydrogens is 248 g/mol. The molecule has 3 N–H and O–H groups in total. The van der Waals surface area contributed by atoms with Crippen molar-refractivity contribution in [3.05, 3.63) is 0 Å². The molecule has 0 radical (unpaired) electrons. The summed E-state index contributed by atoms with van der Waals surface area (Å²) in [5.41, 5.74) is 5.80. The second kappa shape index (κ2) is 6.76. The first-order chi connectivity index (χ1) is 8.14. The number of nitrogens with two attached hydrogens (primary N) is 1. The van der Waals surface area contributed by atoms with E-state index in [9.17, 15) is 4.79 Å². The van der Waals surface area contributed by atoms with Crippen LogP contribution in [0.25, 0.3) is 0 Å². The molecule has 1 amide bonds. The molecule has 2 rings (SSSR count). The van der Waals surface area contributed by atoms with Gasteiger partial charge in [0.15, 0.2) is 0 Å². The number of rotatable bonds is 3. The number of carbonyl (C=O) groups is 1. The molecule has 4 heteroatoms. The molecule has 2 fully saturated rings. The summed E-state index contributed by atoms with van der Waals surface area (Å²) in [4.78, 5) is 12.3. The van der Waals surface area contributed by atoms with Crippen molar-refractivity contribution in [1.29, 1.82) is 0 Å². The zero-order valence-corrected chi connectivity index (χ0v) is 12.2. The molecule has 2 atom stereocenters. The fourth-order valence-electron chi connectivity index (χ4n) is 3.51. The second-order valence-corrected chi connectivity index (χ2v) is 6.14. The normalized spacial score (nSPS) is 30.6. The van der Waals surface area contributed by atoms with Gasteiger partial charge >= 0.3 is 0 Å². The van der Waals surface area contributed by atoms with Gasteiger partial charge in [-0.3, -0.25) is 4.79 Å². The molecule has 0 aliphatic heterocycles. The van der Waals surface area contributed by atoms with E-state index in [2.05, 4.69) is 12.2 Å². The highest BCUT2D eigenvalue weighted by Crippen LogP contribution is 2.33. The number of amides is 1. The van der Waals surface area contributed by atoms with Crippen LogP contribution in [0.15, 0.2) is 0 Å². The Labute approximate surface area is 117 Å². The lowest BCUT2D eigenvalue weighted by Gasteiger charge is -2.36. The van der Waals surface area contributed by atoms with Gasteiger partial charge in [-0.25, -0.2) is 0 Å². The molecule has 2 aliphatic carbocycles. The van der Waals surface area contributed by atoms with Crippen LogP contribution in [-0.4, -0.2) is 18.0 Å². The zero-order valence-electron chi connectivity index (χ0n) is 11.4. The maximum Gasteiger partial charge on any atom is 0.223 e. The summed E-state index contributed by atoms with van der Waals surface area (Å²) in [5.74, 6) is 0.864. The van der Waals surface area contributed by atoms with Crippen molar-refractivity contribution in [1.82, 2.24) is 5.32 Å². The summed E-state index contributed by atoms with van der Waals surface area (Å²) in [5, 5.41) is 3.31. The lowest BCUT2D eigenvalue weighted by molar-refractivity contribution is -0.128. The van der Waals surface area contributed by atoms with Crippen LogP contribution in [0.1, 0.15) is 58.3 Å². The molecule has 18 heavy (non-hydrogen) atoms. The van der Waals surface area contributed by atoms with Crippen molar-refractivity contribution in [2.24, 2.45) is 17.6 Å². The highest BCUT2D eigenvalue weighted by Gasteiger charge is 2.36. The van der Waals surface area contributed by atoms with E-state index in [1.807, 2.05) is 0 Å². The van der Waals surface area contributed by atoms with Gasteiger partial charge < -0.3 is 11.1 Å². The van der Waals surface area contributed by atoms with Gasteiger partial charge in [-0.1, -0.05) is 25.7 Å². The van der Waals surface area contributed by atoms with Crippen LogP contribution in [0.4, 0.5) is 0 Å². The van der Waals surface area contributed by atoms with Gasteiger partial charge in [0.1, 0.15) is 0 Å². The summed E-state index contributed by atoms with van der Waals surface area (Å²) >= 11 is 0. The fraction of sp³-hybridized carbons (Fsp3) is 0.929. The van der Waals surface area contributed by atoms with E-state index in [0.29, 0.717) is 12.5 Å². The smallest absolute Gasteiger partial charge is 0.223 e. The lowest BCUT2D eigenvalue weighted by Crippen LogP contribution is -2.50. The Balaban J connectivity index is 0.00000162. The van der Waals surface area contributed by atoms with E-state index >= 15 is 0 Å². The zero-order chi connectivity index (χ0) is 12.3. The molecule has 2 aliphatic rings. The molecular formula is C14H27ClN2O. The second-order valence-electron chi connectivity index (χ2n) is 6.14. The topological polar surface area (TPSA) is 55.1 Å². The third-order valence-corrected chi connectivity index (χ3v) is 4.68. The van der Waals surface area contributed by atoms with E-state index in [1.165, 1.54) is 19.3 Å². The van der Waals surface area contributed by atoms with Crippen LogP contribution < -0.4 is 11.1 Å². The first kappa shape index (κ1) is 15.8. The number of carbonyl (C=O) groups excluding carboxylic acids is 1. The molecule has 0 aromatic rings. The predicted molar refractivity (Wildman–Crippen MR) is 76.8 cm³/mol. The molecule has 3 nitrogen and oxygen atoms in total. The van der Waals surface area contributed by atoms with Gasteiger partial charge in [-0.05, 0) is 45.1 Å². The quantitative estimate of drug-likeness (QED) is 0.831. The third-order valence-electron chi connectivity index (χ3n) is 4.68. The van der Waals surface area contributed by atoms with Gasteiger partial charge in [-0.2, -0.15) is 0 Å². The predicted octanol–water partition coefficient (Wildman–Crippen LogP) is 2.62. The SMILES string of the molecule is CC1(NC(=O)[C@@H]2CCC[C@@H]2CN)CCCCC1.Cl. The fourth-order valence-corrected chi connectivity index (χ4v) is 3.51.